The van der Waals surface area contributed by atoms with Crippen LogP contribution in [0.4, 0.5) is 0 Å². The Bertz CT molecular complexity index is 1030. The average Bonchev–Trinajstić information content (AvgIpc) is 3.06. The topological polar surface area (TPSA) is 53.4 Å². The number of carbonyl (C=O) groups is 1. The quantitative estimate of drug-likeness (QED) is 0.455. The van der Waals surface area contributed by atoms with Crippen LogP contribution in [0.1, 0.15) is 12.6 Å². The SMILES string of the molecule is COC(=O)C1=CO[C@@H](C)[C@H]2Cn3ccc4c5ccccc5nc-4c3C[C@H]12.[Cu+2]. The summed E-state index contributed by atoms with van der Waals surface area (Å²) in [4.78, 5) is 17.1. The molecule has 5 nitrogen and oxygen atoms in total. The fourth-order valence-corrected chi connectivity index (χ4v) is 4.49. The van der Waals surface area contributed by atoms with E-state index in [1.807, 2.05) is 18.2 Å². The summed E-state index contributed by atoms with van der Waals surface area (Å²) in [6.45, 7) is 2.88. The van der Waals surface area contributed by atoms with Crippen molar-refractivity contribution in [1.29, 1.82) is 0 Å². The molecule has 0 unspecified atom stereocenters. The summed E-state index contributed by atoms with van der Waals surface area (Å²) >= 11 is 0. The van der Waals surface area contributed by atoms with Gasteiger partial charge in [-0.25, -0.2) is 9.78 Å². The van der Waals surface area contributed by atoms with E-state index in [2.05, 4.69) is 29.8 Å². The summed E-state index contributed by atoms with van der Waals surface area (Å²) in [5, 5.41) is 1.18. The van der Waals surface area contributed by atoms with Crippen LogP contribution >= 0.6 is 0 Å². The largest absolute Gasteiger partial charge is 2.00 e. The van der Waals surface area contributed by atoms with Gasteiger partial charge in [0.25, 0.3) is 0 Å². The van der Waals surface area contributed by atoms with E-state index < -0.39 is 0 Å². The van der Waals surface area contributed by atoms with Crippen molar-refractivity contribution >= 4 is 16.9 Å². The van der Waals surface area contributed by atoms with Crippen molar-refractivity contribution in [3.05, 3.63) is 54.1 Å². The molecule has 0 amide bonds. The smallest absolute Gasteiger partial charge is 0.497 e. The maximum absolute atomic E-state index is 12.3. The number of rotatable bonds is 1. The molecule has 0 bridgehead atoms. The van der Waals surface area contributed by atoms with Gasteiger partial charge in [0.05, 0.1) is 30.2 Å². The van der Waals surface area contributed by atoms with E-state index in [0.717, 1.165) is 24.2 Å². The number of methoxy groups -OCH3 is 1. The van der Waals surface area contributed by atoms with E-state index in [9.17, 15) is 4.79 Å². The van der Waals surface area contributed by atoms with Gasteiger partial charge in [0, 0.05) is 41.2 Å². The molecule has 6 heteroatoms. The molecule has 5 rings (SSSR count). The predicted octanol–water partition coefficient (Wildman–Crippen LogP) is 3.40. The van der Waals surface area contributed by atoms with Gasteiger partial charge in [-0.3, -0.25) is 0 Å². The fraction of sp³-hybridized carbons (Fsp3) is 0.333. The van der Waals surface area contributed by atoms with Crippen LogP contribution in [0.25, 0.3) is 22.2 Å². The molecule has 27 heavy (non-hydrogen) atoms. The van der Waals surface area contributed by atoms with Gasteiger partial charge >= 0.3 is 23.0 Å². The van der Waals surface area contributed by atoms with Crippen LogP contribution in [-0.4, -0.2) is 28.7 Å². The standard InChI is InChI=1S/C21H20N2O3.Cu/c1-12-16-10-23-8-7-14-13-5-3-4-6-18(13)22-20(14)19(23)9-15(16)17(11-26-12)21(24)25-2;/h3-8,11-12,15-16H,9-10H2,1-2H3;/q;+2/t12-,15-,16+;/m0./s1. The summed E-state index contributed by atoms with van der Waals surface area (Å²) in [6, 6.07) is 10.4. The zero-order valence-electron chi connectivity index (χ0n) is 15.1. The second-order valence-electron chi connectivity index (χ2n) is 7.19. The Labute approximate surface area is 168 Å². The van der Waals surface area contributed by atoms with Crippen molar-refractivity contribution in [2.45, 2.75) is 26.0 Å². The van der Waals surface area contributed by atoms with E-state index in [4.69, 9.17) is 14.5 Å². The van der Waals surface area contributed by atoms with E-state index in [0.29, 0.717) is 5.57 Å². The molecule has 0 fully saturated rings. The second-order valence-corrected chi connectivity index (χ2v) is 7.19. The number of hydrogen-bond acceptors (Lipinski definition) is 4. The van der Waals surface area contributed by atoms with E-state index >= 15 is 0 Å². The molecular formula is C21H20CuN2O3+2. The van der Waals surface area contributed by atoms with Crippen LogP contribution in [0.3, 0.4) is 0 Å². The molecule has 0 aliphatic carbocycles. The van der Waals surface area contributed by atoms with Gasteiger partial charge in [-0.15, -0.1) is 0 Å². The molecule has 1 aromatic carbocycles. The number of aromatic nitrogens is 2. The normalized spacial score (nSPS) is 23.6. The van der Waals surface area contributed by atoms with Crippen LogP contribution in [0.15, 0.2) is 48.4 Å². The number of ether oxygens (including phenoxy) is 2. The van der Waals surface area contributed by atoms with E-state index in [1.165, 1.54) is 23.8 Å². The molecule has 141 valence electrons. The Morgan fingerprint density at radius 3 is 2.93 bits per heavy atom. The van der Waals surface area contributed by atoms with Gasteiger partial charge < -0.3 is 14.0 Å². The van der Waals surface area contributed by atoms with Crippen molar-refractivity contribution in [2.75, 3.05) is 7.11 Å². The molecule has 1 aromatic rings. The summed E-state index contributed by atoms with van der Waals surface area (Å²) in [6.07, 6.45) is 4.57. The first-order valence-electron chi connectivity index (χ1n) is 8.97. The third kappa shape index (κ3) is 2.67. The third-order valence-electron chi connectivity index (χ3n) is 5.89. The Hall–Kier alpha value is -2.30. The third-order valence-corrected chi connectivity index (χ3v) is 5.89. The van der Waals surface area contributed by atoms with Gasteiger partial charge in [-0.1, -0.05) is 18.2 Å². The first kappa shape index (κ1) is 18.1. The second kappa shape index (κ2) is 6.70. The zero-order valence-corrected chi connectivity index (χ0v) is 16.1. The van der Waals surface area contributed by atoms with Crippen LogP contribution in [0.5, 0.6) is 0 Å². The van der Waals surface area contributed by atoms with Gasteiger partial charge in [0.15, 0.2) is 0 Å². The van der Waals surface area contributed by atoms with E-state index in [-0.39, 0.29) is 41.0 Å². The predicted molar refractivity (Wildman–Crippen MR) is 97.7 cm³/mol. The maximum Gasteiger partial charge on any atom is 2.00 e. The number of esters is 1. The summed E-state index contributed by atoms with van der Waals surface area (Å²) in [5.41, 5.74) is 5.05. The number of fused-ring (bicyclic) bond motifs is 6. The molecule has 1 radical (unpaired) electrons. The minimum Gasteiger partial charge on any atom is -0.497 e. The number of carbonyl (C=O) groups excluding carboxylic acids is 1. The molecule has 0 saturated heterocycles. The maximum atomic E-state index is 12.3. The van der Waals surface area contributed by atoms with E-state index in [1.54, 1.807) is 6.26 Å². The molecule has 4 aliphatic rings. The van der Waals surface area contributed by atoms with Crippen LogP contribution in [0, 0.1) is 11.8 Å². The first-order chi connectivity index (χ1) is 12.7. The van der Waals surface area contributed by atoms with Gasteiger partial charge in [-0.2, -0.15) is 0 Å². The number of benzene rings is 1. The van der Waals surface area contributed by atoms with Gasteiger partial charge in [0.1, 0.15) is 6.10 Å². The molecule has 0 N–H and O–H groups in total. The average molecular weight is 412 g/mol. The summed E-state index contributed by atoms with van der Waals surface area (Å²) in [5.74, 6) is 0.0400. The Morgan fingerprint density at radius 1 is 1.30 bits per heavy atom. The number of para-hydroxylation sites is 1. The molecule has 3 atom stereocenters. The minimum absolute atomic E-state index is 0. The van der Waals surface area contributed by atoms with Crippen molar-refractivity contribution in [3.8, 4) is 11.3 Å². The summed E-state index contributed by atoms with van der Waals surface area (Å²) in [7, 11) is 1.42. The monoisotopic (exact) mass is 411 g/mol. The van der Waals surface area contributed by atoms with Gasteiger partial charge in [0.2, 0.25) is 0 Å². The number of nitrogens with zero attached hydrogens (tertiary/aromatic N) is 2. The molecule has 0 spiro atoms. The van der Waals surface area contributed by atoms with Crippen molar-refractivity contribution < 1.29 is 31.3 Å². The van der Waals surface area contributed by atoms with Crippen LogP contribution in [-0.2, 0) is 44.3 Å². The summed E-state index contributed by atoms with van der Waals surface area (Å²) < 4.78 is 13.0. The Morgan fingerprint density at radius 2 is 2.11 bits per heavy atom. The van der Waals surface area contributed by atoms with Crippen molar-refractivity contribution in [1.82, 2.24) is 9.55 Å². The Kier molecular flexibility index (Phi) is 4.49. The Balaban J connectivity index is 0.00000180. The van der Waals surface area contributed by atoms with Crippen molar-refractivity contribution in [2.24, 2.45) is 11.8 Å². The molecule has 4 heterocycles. The number of hydrogen-bond donors (Lipinski definition) is 0. The van der Waals surface area contributed by atoms with Gasteiger partial charge in [-0.05, 0) is 25.5 Å². The molecule has 0 aromatic heterocycles. The first-order valence-corrected chi connectivity index (χ1v) is 8.97. The molecular weight excluding hydrogens is 392 g/mol. The van der Waals surface area contributed by atoms with Crippen LogP contribution < -0.4 is 0 Å². The minimum atomic E-state index is -0.298. The molecule has 4 aliphatic heterocycles. The number of pyridine rings is 1. The fourth-order valence-electron chi connectivity index (χ4n) is 4.49. The van der Waals surface area contributed by atoms with Crippen molar-refractivity contribution in [3.63, 3.8) is 0 Å². The zero-order chi connectivity index (χ0) is 17.8. The molecule has 0 saturated carbocycles. The van der Waals surface area contributed by atoms with Crippen LogP contribution in [0.2, 0.25) is 0 Å².